The molecule has 2 rings (SSSR count). The number of nitrogens with zero attached hydrogens (tertiary/aromatic N) is 1. The third kappa shape index (κ3) is 3.22. The van der Waals surface area contributed by atoms with E-state index in [9.17, 15) is 0 Å². The summed E-state index contributed by atoms with van der Waals surface area (Å²) < 4.78 is 0. The number of nitrogens with two attached hydrogens (primary N) is 1. The monoisotopic (exact) mass is 232 g/mol. The molecule has 0 aromatic heterocycles. The van der Waals surface area contributed by atoms with Crippen LogP contribution in [0.4, 0.5) is 5.69 Å². The lowest BCUT2D eigenvalue weighted by Crippen LogP contribution is -2.25. The van der Waals surface area contributed by atoms with Gasteiger partial charge in [0.2, 0.25) is 0 Å². The van der Waals surface area contributed by atoms with Crippen LogP contribution >= 0.6 is 0 Å². The predicted octanol–water partition coefficient (Wildman–Crippen LogP) is 2.96. The molecule has 0 amide bonds. The molecule has 2 nitrogen and oxygen atoms in total. The summed E-state index contributed by atoms with van der Waals surface area (Å²) in [4.78, 5) is 2.50. The summed E-state index contributed by atoms with van der Waals surface area (Å²) in [6.45, 7) is 5.49. The van der Waals surface area contributed by atoms with Gasteiger partial charge in [-0.3, -0.25) is 0 Å². The molecule has 94 valence electrons. The summed E-state index contributed by atoms with van der Waals surface area (Å²) in [6.07, 6.45) is 4.75. The second kappa shape index (κ2) is 5.54. The van der Waals surface area contributed by atoms with Gasteiger partial charge in [0.25, 0.3) is 0 Å². The van der Waals surface area contributed by atoms with Crippen molar-refractivity contribution in [2.75, 3.05) is 11.4 Å². The predicted molar refractivity (Wildman–Crippen MR) is 74.5 cm³/mol. The fourth-order valence-electron chi connectivity index (χ4n) is 2.31. The molecule has 1 saturated carbocycles. The van der Waals surface area contributed by atoms with Crippen LogP contribution in [-0.2, 0) is 6.42 Å². The minimum atomic E-state index is 0.298. The fourth-order valence-corrected chi connectivity index (χ4v) is 2.31. The van der Waals surface area contributed by atoms with Crippen LogP contribution in [0.2, 0.25) is 0 Å². The smallest absolute Gasteiger partial charge is 0.0368 e. The molecule has 1 unspecified atom stereocenters. The topological polar surface area (TPSA) is 29.3 Å². The third-order valence-electron chi connectivity index (χ3n) is 3.62. The van der Waals surface area contributed by atoms with E-state index in [1.807, 2.05) is 0 Å². The zero-order valence-electron chi connectivity index (χ0n) is 11.0. The maximum Gasteiger partial charge on any atom is 0.0368 e. The zero-order valence-corrected chi connectivity index (χ0v) is 11.0. The third-order valence-corrected chi connectivity index (χ3v) is 3.62. The Labute approximate surface area is 105 Å². The molecule has 0 radical (unpaired) electrons. The Balaban J connectivity index is 2.01. The summed E-state index contributed by atoms with van der Waals surface area (Å²) in [7, 11) is 0. The number of benzene rings is 1. The Morgan fingerprint density at radius 2 is 1.88 bits per heavy atom. The molecule has 1 aromatic rings. The number of hydrogen-bond acceptors (Lipinski definition) is 2. The Morgan fingerprint density at radius 3 is 2.35 bits per heavy atom. The minimum Gasteiger partial charge on any atom is -0.369 e. The standard InChI is InChI=1S/C15H24N2/c1-3-13(16)11-12-5-7-14(8-6-12)17(4-2)15-9-10-15/h5-8,13,15H,3-4,9-11,16H2,1-2H3. The minimum absolute atomic E-state index is 0.298. The van der Waals surface area contributed by atoms with E-state index in [1.54, 1.807) is 0 Å². The molecule has 0 heterocycles. The average molecular weight is 232 g/mol. The van der Waals surface area contributed by atoms with E-state index >= 15 is 0 Å². The highest BCUT2D eigenvalue weighted by Gasteiger charge is 2.27. The fraction of sp³-hybridized carbons (Fsp3) is 0.600. The van der Waals surface area contributed by atoms with Gasteiger partial charge in [-0.05, 0) is 50.3 Å². The Kier molecular flexibility index (Phi) is 4.06. The molecular weight excluding hydrogens is 208 g/mol. The van der Waals surface area contributed by atoms with Crippen LogP contribution in [-0.4, -0.2) is 18.6 Å². The van der Waals surface area contributed by atoms with Crippen molar-refractivity contribution in [1.82, 2.24) is 0 Å². The van der Waals surface area contributed by atoms with Gasteiger partial charge in [0.05, 0.1) is 0 Å². The zero-order chi connectivity index (χ0) is 12.3. The van der Waals surface area contributed by atoms with Crippen molar-refractivity contribution in [2.24, 2.45) is 5.73 Å². The van der Waals surface area contributed by atoms with Crippen molar-refractivity contribution in [3.8, 4) is 0 Å². The summed E-state index contributed by atoms with van der Waals surface area (Å²) in [5.74, 6) is 0. The van der Waals surface area contributed by atoms with Gasteiger partial charge in [-0.15, -0.1) is 0 Å². The molecule has 2 N–H and O–H groups in total. The van der Waals surface area contributed by atoms with Gasteiger partial charge >= 0.3 is 0 Å². The molecule has 0 spiro atoms. The van der Waals surface area contributed by atoms with Gasteiger partial charge in [0.1, 0.15) is 0 Å². The van der Waals surface area contributed by atoms with Gasteiger partial charge < -0.3 is 10.6 Å². The maximum absolute atomic E-state index is 5.98. The number of rotatable bonds is 6. The van der Waals surface area contributed by atoms with E-state index in [-0.39, 0.29) is 0 Å². The highest BCUT2D eigenvalue weighted by atomic mass is 15.2. The molecule has 1 fully saturated rings. The molecule has 2 heteroatoms. The average Bonchev–Trinajstić information content (AvgIpc) is 3.16. The number of anilines is 1. The SMILES string of the molecule is CCC(N)Cc1ccc(N(CC)C2CC2)cc1. The Bertz CT molecular complexity index is 340. The molecule has 17 heavy (non-hydrogen) atoms. The van der Waals surface area contributed by atoms with Crippen molar-refractivity contribution in [1.29, 1.82) is 0 Å². The van der Waals surface area contributed by atoms with Crippen LogP contribution in [0.3, 0.4) is 0 Å². The second-order valence-corrected chi connectivity index (χ2v) is 5.06. The lowest BCUT2D eigenvalue weighted by Gasteiger charge is -2.23. The molecule has 0 saturated heterocycles. The lowest BCUT2D eigenvalue weighted by atomic mass is 10.0. The van der Waals surface area contributed by atoms with Crippen LogP contribution < -0.4 is 10.6 Å². The molecule has 1 aromatic carbocycles. The summed E-state index contributed by atoms with van der Waals surface area (Å²) >= 11 is 0. The highest BCUT2D eigenvalue weighted by molar-refractivity contribution is 5.49. The molecule has 1 atom stereocenters. The van der Waals surface area contributed by atoms with Crippen LogP contribution in [0, 0.1) is 0 Å². The molecule has 1 aliphatic carbocycles. The first-order valence-electron chi connectivity index (χ1n) is 6.85. The van der Waals surface area contributed by atoms with Crippen molar-refractivity contribution in [3.05, 3.63) is 29.8 Å². The van der Waals surface area contributed by atoms with Crippen molar-refractivity contribution >= 4 is 5.69 Å². The quantitative estimate of drug-likeness (QED) is 0.817. The van der Waals surface area contributed by atoms with E-state index in [0.717, 1.165) is 25.4 Å². The number of hydrogen-bond donors (Lipinski definition) is 1. The van der Waals surface area contributed by atoms with E-state index < -0.39 is 0 Å². The molecule has 0 bridgehead atoms. The Morgan fingerprint density at radius 1 is 1.24 bits per heavy atom. The van der Waals surface area contributed by atoms with Crippen molar-refractivity contribution < 1.29 is 0 Å². The van der Waals surface area contributed by atoms with Crippen molar-refractivity contribution in [2.45, 2.75) is 51.6 Å². The van der Waals surface area contributed by atoms with Gasteiger partial charge in [-0.1, -0.05) is 19.1 Å². The van der Waals surface area contributed by atoms with Crippen LogP contribution in [0.5, 0.6) is 0 Å². The van der Waals surface area contributed by atoms with E-state index in [1.165, 1.54) is 24.1 Å². The molecule has 0 aliphatic heterocycles. The van der Waals surface area contributed by atoms with E-state index in [2.05, 4.69) is 43.0 Å². The van der Waals surface area contributed by atoms with Crippen LogP contribution in [0.1, 0.15) is 38.7 Å². The Hall–Kier alpha value is -1.02. The van der Waals surface area contributed by atoms with Gasteiger partial charge in [0, 0.05) is 24.3 Å². The largest absolute Gasteiger partial charge is 0.369 e. The van der Waals surface area contributed by atoms with Gasteiger partial charge in [0.15, 0.2) is 0 Å². The van der Waals surface area contributed by atoms with Gasteiger partial charge in [-0.25, -0.2) is 0 Å². The lowest BCUT2D eigenvalue weighted by molar-refractivity contribution is 0.646. The summed E-state index contributed by atoms with van der Waals surface area (Å²) in [6, 6.07) is 10.1. The maximum atomic E-state index is 5.98. The van der Waals surface area contributed by atoms with E-state index in [4.69, 9.17) is 5.73 Å². The molecule has 1 aliphatic rings. The summed E-state index contributed by atoms with van der Waals surface area (Å²) in [5, 5.41) is 0. The second-order valence-electron chi connectivity index (χ2n) is 5.06. The first kappa shape index (κ1) is 12.4. The normalized spacial score (nSPS) is 16.9. The van der Waals surface area contributed by atoms with Gasteiger partial charge in [-0.2, -0.15) is 0 Å². The van der Waals surface area contributed by atoms with Crippen molar-refractivity contribution in [3.63, 3.8) is 0 Å². The highest BCUT2D eigenvalue weighted by Crippen LogP contribution is 2.31. The molecular formula is C15H24N2. The summed E-state index contributed by atoms with van der Waals surface area (Å²) in [5.41, 5.74) is 8.70. The first-order valence-corrected chi connectivity index (χ1v) is 6.85. The van der Waals surface area contributed by atoms with Crippen LogP contribution in [0.25, 0.3) is 0 Å². The first-order chi connectivity index (χ1) is 8.24. The van der Waals surface area contributed by atoms with E-state index in [0.29, 0.717) is 6.04 Å². The van der Waals surface area contributed by atoms with Crippen LogP contribution in [0.15, 0.2) is 24.3 Å².